The summed E-state index contributed by atoms with van der Waals surface area (Å²) in [7, 11) is 0. The van der Waals surface area contributed by atoms with Crippen molar-refractivity contribution >= 4 is 12.0 Å². The summed E-state index contributed by atoms with van der Waals surface area (Å²) < 4.78 is 0. The van der Waals surface area contributed by atoms with Crippen molar-refractivity contribution in [1.29, 1.82) is 5.26 Å². The van der Waals surface area contributed by atoms with Gasteiger partial charge in [-0.25, -0.2) is 4.79 Å². The van der Waals surface area contributed by atoms with Gasteiger partial charge in [0.2, 0.25) is 5.91 Å². The van der Waals surface area contributed by atoms with Crippen LogP contribution in [-0.4, -0.2) is 50.8 Å². The second-order valence-corrected chi connectivity index (χ2v) is 9.62. The van der Waals surface area contributed by atoms with E-state index in [4.69, 9.17) is 0 Å². The van der Waals surface area contributed by atoms with Crippen molar-refractivity contribution in [3.63, 3.8) is 0 Å². The maximum absolute atomic E-state index is 13.5. The van der Waals surface area contributed by atoms with Gasteiger partial charge < -0.3 is 20.4 Å². The Balaban J connectivity index is 1.49. The van der Waals surface area contributed by atoms with Crippen molar-refractivity contribution in [3.05, 3.63) is 0 Å². The van der Waals surface area contributed by atoms with Gasteiger partial charge in [-0.2, -0.15) is 5.26 Å². The Morgan fingerprint density at radius 1 is 1.15 bits per heavy atom. The van der Waals surface area contributed by atoms with Crippen LogP contribution in [0.15, 0.2) is 0 Å². The van der Waals surface area contributed by atoms with Crippen molar-refractivity contribution in [2.24, 2.45) is 23.2 Å². The fourth-order valence-corrected chi connectivity index (χ4v) is 7.26. The Labute approximate surface area is 152 Å². The highest BCUT2D eigenvalue weighted by atomic mass is 16.4. The first kappa shape index (κ1) is 16.4. The van der Waals surface area contributed by atoms with E-state index in [2.05, 4.69) is 11.4 Å². The fraction of sp³-hybridized carbons (Fsp3) is 0.842. The quantitative estimate of drug-likeness (QED) is 0.706. The van der Waals surface area contributed by atoms with Crippen LogP contribution in [0.4, 0.5) is 4.79 Å². The number of nitriles is 1. The van der Waals surface area contributed by atoms with E-state index in [1.54, 1.807) is 4.90 Å². The number of fused-ring (bicyclic) bond motifs is 1. The molecule has 1 saturated heterocycles. The molecule has 7 heteroatoms. The molecule has 0 spiro atoms. The molecule has 6 rings (SSSR count). The molecule has 0 aromatic rings. The van der Waals surface area contributed by atoms with Crippen LogP contribution >= 0.6 is 0 Å². The summed E-state index contributed by atoms with van der Waals surface area (Å²) in [4.78, 5) is 26.7. The molecule has 0 aromatic heterocycles. The first-order chi connectivity index (χ1) is 12.3. The lowest BCUT2D eigenvalue weighted by Gasteiger charge is -2.62. The highest BCUT2D eigenvalue weighted by Gasteiger charge is 2.63. The van der Waals surface area contributed by atoms with E-state index >= 15 is 0 Å². The van der Waals surface area contributed by atoms with E-state index in [1.807, 2.05) is 0 Å². The highest BCUT2D eigenvalue weighted by molar-refractivity contribution is 5.88. The molecule has 6 fully saturated rings. The minimum Gasteiger partial charge on any atom is -0.465 e. The topological polar surface area (TPSA) is 114 Å². The molecule has 26 heavy (non-hydrogen) atoms. The first-order valence-electron chi connectivity index (χ1n) is 9.76. The average molecular weight is 359 g/mol. The lowest BCUT2D eigenvalue weighted by Crippen LogP contribution is -2.66. The Morgan fingerprint density at radius 3 is 2.42 bits per heavy atom. The number of hydrogen-bond acceptors (Lipinski definition) is 4. The van der Waals surface area contributed by atoms with Crippen molar-refractivity contribution in [2.45, 2.75) is 75.1 Å². The summed E-state index contributed by atoms with van der Waals surface area (Å²) in [6.07, 6.45) is 5.12. The van der Waals surface area contributed by atoms with Gasteiger partial charge in [0.15, 0.2) is 0 Å². The average Bonchev–Trinajstić information content (AvgIpc) is 3.19. The summed E-state index contributed by atoms with van der Waals surface area (Å²) in [5.41, 5.74) is -1.27. The van der Waals surface area contributed by atoms with Crippen LogP contribution in [0.1, 0.15) is 51.4 Å². The maximum atomic E-state index is 13.5. The molecule has 0 radical (unpaired) electrons. The van der Waals surface area contributed by atoms with E-state index in [1.165, 1.54) is 0 Å². The van der Waals surface area contributed by atoms with Crippen LogP contribution < -0.4 is 5.32 Å². The van der Waals surface area contributed by atoms with E-state index in [0.717, 1.165) is 38.5 Å². The lowest BCUT2D eigenvalue weighted by atomic mass is 9.46. The second kappa shape index (κ2) is 5.13. The van der Waals surface area contributed by atoms with Gasteiger partial charge in [-0.05, 0) is 69.1 Å². The molecular formula is C19H25N3O4. The Kier molecular flexibility index (Phi) is 3.23. The summed E-state index contributed by atoms with van der Waals surface area (Å²) in [5.74, 6) is 0.890. The SMILES string of the molecule is N#C[C@@H]1C[C@@H]2C[C@@H]2N1C(=O)C(NC(=O)O)C12CC3CC(CC(O)(C3)C1)C2. The smallest absolute Gasteiger partial charge is 0.405 e. The van der Waals surface area contributed by atoms with Gasteiger partial charge in [0, 0.05) is 11.5 Å². The third-order valence-corrected chi connectivity index (χ3v) is 7.71. The van der Waals surface area contributed by atoms with Crippen molar-refractivity contribution in [2.75, 3.05) is 0 Å². The fourth-order valence-electron chi connectivity index (χ4n) is 7.26. The molecule has 5 aliphatic carbocycles. The standard InChI is InChI=1S/C19H25N3O4/c20-8-13-2-12-3-14(12)22(13)16(23)15(21-17(24)25)18-4-10-1-11(5-18)7-19(26,6-10)9-18/h10-15,21,26H,1-7,9H2,(H,24,25)/t10?,11?,12-,13+,14+,15?,18?,19?/m1/s1. The summed E-state index contributed by atoms with van der Waals surface area (Å²) in [5, 5.41) is 32.4. The normalized spacial score (nSPS) is 48.6. The van der Waals surface area contributed by atoms with Crippen molar-refractivity contribution < 1.29 is 19.8 Å². The van der Waals surface area contributed by atoms with E-state index < -0.39 is 29.2 Å². The number of rotatable bonds is 3. The Hall–Kier alpha value is -1.81. The van der Waals surface area contributed by atoms with Crippen LogP contribution in [0.25, 0.3) is 0 Å². The van der Waals surface area contributed by atoms with Crippen molar-refractivity contribution in [1.82, 2.24) is 10.2 Å². The van der Waals surface area contributed by atoms with E-state index in [-0.39, 0.29) is 11.9 Å². The van der Waals surface area contributed by atoms with Crippen LogP contribution in [-0.2, 0) is 4.79 Å². The first-order valence-corrected chi connectivity index (χ1v) is 9.76. The third kappa shape index (κ3) is 2.27. The highest BCUT2D eigenvalue weighted by Crippen LogP contribution is 2.63. The monoisotopic (exact) mass is 359 g/mol. The number of piperidine rings is 1. The van der Waals surface area contributed by atoms with Gasteiger partial charge in [0.1, 0.15) is 12.1 Å². The largest absolute Gasteiger partial charge is 0.465 e. The maximum Gasteiger partial charge on any atom is 0.405 e. The zero-order valence-corrected chi connectivity index (χ0v) is 14.7. The van der Waals surface area contributed by atoms with Crippen LogP contribution in [0.5, 0.6) is 0 Å². The molecule has 6 atom stereocenters. The zero-order valence-electron chi connectivity index (χ0n) is 14.7. The molecule has 7 nitrogen and oxygen atoms in total. The second-order valence-electron chi connectivity index (χ2n) is 9.62. The predicted octanol–water partition coefficient (Wildman–Crippen LogP) is 1.47. The number of nitrogens with zero attached hydrogens (tertiary/aromatic N) is 2. The predicted molar refractivity (Wildman–Crippen MR) is 89.8 cm³/mol. The van der Waals surface area contributed by atoms with Gasteiger partial charge >= 0.3 is 6.09 Å². The van der Waals surface area contributed by atoms with Crippen LogP contribution in [0, 0.1) is 34.5 Å². The molecular weight excluding hydrogens is 334 g/mol. The van der Waals surface area contributed by atoms with Gasteiger partial charge in [0.05, 0.1) is 11.7 Å². The summed E-state index contributed by atoms with van der Waals surface area (Å²) in [6, 6.07) is 1.03. The number of carbonyl (C=O) groups is 2. The zero-order chi connectivity index (χ0) is 18.3. The summed E-state index contributed by atoms with van der Waals surface area (Å²) in [6.45, 7) is 0. The molecule has 1 heterocycles. The van der Waals surface area contributed by atoms with E-state index in [9.17, 15) is 25.1 Å². The molecule has 0 aromatic carbocycles. The number of amides is 2. The number of carbonyl (C=O) groups excluding carboxylic acids is 1. The van der Waals surface area contributed by atoms with Gasteiger partial charge in [0.25, 0.3) is 0 Å². The molecule has 4 bridgehead atoms. The Bertz CT molecular complexity index is 702. The molecule has 140 valence electrons. The van der Waals surface area contributed by atoms with Gasteiger partial charge in [-0.3, -0.25) is 4.79 Å². The van der Waals surface area contributed by atoms with Crippen LogP contribution in [0.3, 0.4) is 0 Å². The molecule has 5 saturated carbocycles. The Morgan fingerprint density at radius 2 is 1.85 bits per heavy atom. The number of aliphatic hydroxyl groups is 1. The van der Waals surface area contributed by atoms with E-state index in [0.29, 0.717) is 30.6 Å². The molecule has 3 unspecified atom stereocenters. The minimum atomic E-state index is -1.20. The molecule has 3 N–H and O–H groups in total. The van der Waals surface area contributed by atoms with Crippen LogP contribution in [0.2, 0.25) is 0 Å². The molecule has 2 amide bonds. The number of likely N-dealkylation sites (tertiary alicyclic amines) is 1. The lowest BCUT2D eigenvalue weighted by molar-refractivity contribution is -0.180. The van der Waals surface area contributed by atoms with Gasteiger partial charge in [-0.15, -0.1) is 0 Å². The summed E-state index contributed by atoms with van der Waals surface area (Å²) >= 11 is 0. The molecule has 1 aliphatic heterocycles. The third-order valence-electron chi connectivity index (χ3n) is 7.71. The number of nitrogens with one attached hydrogen (secondary N) is 1. The number of carboxylic acid groups (broad SMARTS) is 1. The minimum absolute atomic E-state index is 0.0993. The molecule has 6 aliphatic rings. The van der Waals surface area contributed by atoms with Gasteiger partial charge in [-0.1, -0.05) is 0 Å². The van der Waals surface area contributed by atoms with Crippen molar-refractivity contribution in [3.8, 4) is 6.07 Å². The number of hydrogen-bond donors (Lipinski definition) is 3.